The van der Waals surface area contributed by atoms with Gasteiger partial charge in [-0.2, -0.15) is 0 Å². The number of carbonyl (C=O) groups excluding carboxylic acids is 1. The van der Waals surface area contributed by atoms with Gasteiger partial charge in [-0.3, -0.25) is 9.69 Å². The van der Waals surface area contributed by atoms with Crippen LogP contribution >= 0.6 is 0 Å². The normalized spacial score (nSPS) is 31.2. The van der Waals surface area contributed by atoms with Crippen LogP contribution in [0.4, 0.5) is 0 Å². The van der Waals surface area contributed by atoms with Gasteiger partial charge in [0.15, 0.2) is 0 Å². The molecule has 2 aliphatic rings. The maximum atomic E-state index is 11.7. The first-order chi connectivity index (χ1) is 8.70. The number of esters is 1. The van der Waals surface area contributed by atoms with E-state index in [1.54, 1.807) is 0 Å². The van der Waals surface area contributed by atoms with Gasteiger partial charge in [0.05, 0.1) is 33.0 Å². The molecule has 2 rings (SSSR count). The highest BCUT2D eigenvalue weighted by Crippen LogP contribution is 2.12. The van der Waals surface area contributed by atoms with Gasteiger partial charge in [0.2, 0.25) is 0 Å². The first-order valence-electron chi connectivity index (χ1n) is 6.40. The molecule has 0 aromatic carbocycles. The second kappa shape index (κ2) is 6.47. The molecule has 2 aliphatic heterocycles. The number of rotatable bonds is 3. The quantitative estimate of drug-likeness (QED) is 0.617. The zero-order valence-electron chi connectivity index (χ0n) is 11.1. The van der Waals surface area contributed by atoms with Crippen molar-refractivity contribution in [2.75, 3.05) is 60.2 Å². The van der Waals surface area contributed by atoms with Gasteiger partial charge in [-0.1, -0.05) is 0 Å². The summed E-state index contributed by atoms with van der Waals surface area (Å²) in [5.41, 5.74) is 0. The highest BCUT2D eigenvalue weighted by molar-refractivity contribution is 5.75. The number of ether oxygens (including phenoxy) is 3. The molecule has 2 unspecified atom stereocenters. The SMILES string of the molecule is COC(=O)C1COCCN1CC1CN(C)CCO1. The van der Waals surface area contributed by atoms with Crippen molar-refractivity contribution in [1.29, 1.82) is 0 Å². The Bertz CT molecular complexity index is 287. The number of morpholine rings is 2. The number of methoxy groups -OCH3 is 1. The van der Waals surface area contributed by atoms with Crippen LogP contribution in [0.2, 0.25) is 0 Å². The average Bonchev–Trinajstić information content (AvgIpc) is 2.38. The third kappa shape index (κ3) is 3.41. The summed E-state index contributed by atoms with van der Waals surface area (Å²) in [5, 5.41) is 0. The van der Waals surface area contributed by atoms with E-state index in [1.165, 1.54) is 7.11 Å². The summed E-state index contributed by atoms with van der Waals surface area (Å²) < 4.78 is 15.9. The Morgan fingerprint density at radius 1 is 1.39 bits per heavy atom. The van der Waals surface area contributed by atoms with Crippen LogP contribution in [0.15, 0.2) is 0 Å². The van der Waals surface area contributed by atoms with Crippen LogP contribution in [-0.2, 0) is 19.0 Å². The molecule has 0 aromatic heterocycles. The second-order valence-electron chi connectivity index (χ2n) is 4.86. The molecule has 2 fully saturated rings. The lowest BCUT2D eigenvalue weighted by Gasteiger charge is -2.38. The lowest BCUT2D eigenvalue weighted by molar-refractivity contribution is -0.155. The predicted molar refractivity (Wildman–Crippen MR) is 65.4 cm³/mol. The Balaban J connectivity index is 1.90. The van der Waals surface area contributed by atoms with Crippen molar-refractivity contribution in [2.24, 2.45) is 0 Å². The summed E-state index contributed by atoms with van der Waals surface area (Å²) in [5.74, 6) is -0.223. The molecule has 2 heterocycles. The topological polar surface area (TPSA) is 51.2 Å². The number of hydrogen-bond acceptors (Lipinski definition) is 6. The first kappa shape index (κ1) is 13.7. The van der Waals surface area contributed by atoms with Gasteiger partial charge >= 0.3 is 5.97 Å². The van der Waals surface area contributed by atoms with Gasteiger partial charge in [0, 0.05) is 26.2 Å². The number of hydrogen-bond donors (Lipinski definition) is 0. The van der Waals surface area contributed by atoms with Gasteiger partial charge in [-0.15, -0.1) is 0 Å². The zero-order valence-corrected chi connectivity index (χ0v) is 11.1. The van der Waals surface area contributed by atoms with E-state index >= 15 is 0 Å². The van der Waals surface area contributed by atoms with Crippen LogP contribution in [0.3, 0.4) is 0 Å². The molecular weight excluding hydrogens is 236 g/mol. The fourth-order valence-electron chi connectivity index (χ4n) is 2.45. The van der Waals surface area contributed by atoms with E-state index < -0.39 is 0 Å². The second-order valence-corrected chi connectivity index (χ2v) is 4.86. The standard InChI is InChI=1S/C12H22N2O4/c1-13-3-6-18-10(7-13)8-14-4-5-17-9-11(14)12(15)16-2/h10-11H,3-9H2,1-2H3. The Hall–Kier alpha value is -0.690. The van der Waals surface area contributed by atoms with E-state index in [0.717, 1.165) is 32.8 Å². The van der Waals surface area contributed by atoms with E-state index in [9.17, 15) is 4.79 Å². The molecule has 104 valence electrons. The van der Waals surface area contributed by atoms with Crippen molar-refractivity contribution in [3.05, 3.63) is 0 Å². The smallest absolute Gasteiger partial charge is 0.325 e. The largest absolute Gasteiger partial charge is 0.468 e. The molecule has 0 spiro atoms. The van der Waals surface area contributed by atoms with E-state index in [0.29, 0.717) is 13.2 Å². The van der Waals surface area contributed by atoms with Crippen molar-refractivity contribution < 1.29 is 19.0 Å². The maximum Gasteiger partial charge on any atom is 0.325 e. The van der Waals surface area contributed by atoms with Crippen LogP contribution < -0.4 is 0 Å². The molecule has 0 amide bonds. The Labute approximate surface area is 108 Å². The van der Waals surface area contributed by atoms with Crippen molar-refractivity contribution in [1.82, 2.24) is 9.80 Å². The van der Waals surface area contributed by atoms with Gasteiger partial charge < -0.3 is 19.1 Å². The summed E-state index contributed by atoms with van der Waals surface area (Å²) in [4.78, 5) is 16.1. The molecule has 0 saturated carbocycles. The van der Waals surface area contributed by atoms with Crippen molar-refractivity contribution >= 4 is 5.97 Å². The number of nitrogens with zero attached hydrogens (tertiary/aromatic N) is 2. The van der Waals surface area contributed by atoms with Gasteiger partial charge in [-0.25, -0.2) is 0 Å². The molecular formula is C12H22N2O4. The van der Waals surface area contributed by atoms with Crippen LogP contribution in [0.1, 0.15) is 0 Å². The van der Waals surface area contributed by atoms with E-state index in [4.69, 9.17) is 14.2 Å². The molecule has 6 heteroatoms. The average molecular weight is 258 g/mol. The van der Waals surface area contributed by atoms with Gasteiger partial charge in [0.1, 0.15) is 6.04 Å². The van der Waals surface area contributed by atoms with Crippen molar-refractivity contribution in [2.45, 2.75) is 12.1 Å². The monoisotopic (exact) mass is 258 g/mol. The lowest BCUT2D eigenvalue weighted by Crippen LogP contribution is -2.55. The molecule has 0 N–H and O–H groups in total. The minimum Gasteiger partial charge on any atom is -0.468 e. The molecule has 0 bridgehead atoms. The molecule has 0 aromatic rings. The fraction of sp³-hybridized carbons (Fsp3) is 0.917. The van der Waals surface area contributed by atoms with Crippen LogP contribution in [0.25, 0.3) is 0 Å². The van der Waals surface area contributed by atoms with Crippen LogP contribution in [-0.4, -0.2) is 88.1 Å². The molecule has 6 nitrogen and oxygen atoms in total. The maximum absolute atomic E-state index is 11.7. The predicted octanol–water partition coefficient (Wildman–Crippen LogP) is -0.809. The summed E-state index contributed by atoms with van der Waals surface area (Å²) in [6.45, 7) is 5.22. The van der Waals surface area contributed by atoms with E-state index in [-0.39, 0.29) is 18.1 Å². The molecule has 2 atom stereocenters. The molecule has 0 aliphatic carbocycles. The minimum atomic E-state index is -0.292. The van der Waals surface area contributed by atoms with Crippen LogP contribution in [0.5, 0.6) is 0 Å². The number of likely N-dealkylation sites (N-methyl/N-ethyl adjacent to an activating group) is 1. The third-order valence-corrected chi connectivity index (χ3v) is 3.49. The van der Waals surface area contributed by atoms with Gasteiger partial charge in [-0.05, 0) is 7.05 Å². The Morgan fingerprint density at radius 2 is 2.22 bits per heavy atom. The van der Waals surface area contributed by atoms with Crippen molar-refractivity contribution in [3.8, 4) is 0 Å². The zero-order chi connectivity index (χ0) is 13.0. The summed E-state index contributed by atoms with van der Waals surface area (Å²) >= 11 is 0. The molecule has 2 saturated heterocycles. The molecule has 18 heavy (non-hydrogen) atoms. The third-order valence-electron chi connectivity index (χ3n) is 3.49. The Kier molecular flexibility index (Phi) is 4.94. The van der Waals surface area contributed by atoms with E-state index in [2.05, 4.69) is 16.8 Å². The highest BCUT2D eigenvalue weighted by atomic mass is 16.5. The number of carbonyl (C=O) groups is 1. The highest BCUT2D eigenvalue weighted by Gasteiger charge is 2.32. The fourth-order valence-corrected chi connectivity index (χ4v) is 2.45. The van der Waals surface area contributed by atoms with Gasteiger partial charge in [0.25, 0.3) is 0 Å². The van der Waals surface area contributed by atoms with Crippen molar-refractivity contribution in [3.63, 3.8) is 0 Å². The summed E-state index contributed by atoms with van der Waals surface area (Å²) in [6, 6.07) is -0.292. The minimum absolute atomic E-state index is 0.161. The summed E-state index contributed by atoms with van der Waals surface area (Å²) in [6.07, 6.45) is 0.161. The van der Waals surface area contributed by atoms with E-state index in [1.807, 2.05) is 0 Å². The lowest BCUT2D eigenvalue weighted by atomic mass is 10.2. The van der Waals surface area contributed by atoms with Crippen LogP contribution in [0, 0.1) is 0 Å². The first-order valence-corrected chi connectivity index (χ1v) is 6.40. The Morgan fingerprint density at radius 3 is 2.94 bits per heavy atom. The summed E-state index contributed by atoms with van der Waals surface area (Å²) in [7, 11) is 3.51. The molecule has 0 radical (unpaired) electrons.